The average molecular weight is 1790 g/mol. The van der Waals surface area contributed by atoms with Gasteiger partial charge in [-0.05, 0) is 166 Å². The molecule has 5 aromatic carbocycles. The van der Waals surface area contributed by atoms with Gasteiger partial charge < -0.3 is 101 Å². The number of nitrogens with one attached hydrogen (secondary N) is 5. The molecule has 0 spiro atoms. The Morgan fingerprint density at radius 1 is 0.419 bits per heavy atom. The summed E-state index contributed by atoms with van der Waals surface area (Å²) in [7, 11) is 1.18. The number of pyridine rings is 5. The van der Waals surface area contributed by atoms with Crippen LogP contribution in [0.2, 0.25) is 0 Å². The summed E-state index contributed by atoms with van der Waals surface area (Å²) in [6, 6.07) is 28.7. The number of para-hydroxylation sites is 4. The van der Waals surface area contributed by atoms with Crippen LogP contribution in [0.15, 0.2) is 152 Å². The molecule has 0 bridgehead atoms. The Balaban J connectivity index is 0.000000168. The number of aliphatic carboxylic acids is 4. The first-order chi connectivity index (χ1) is 61.5. The van der Waals surface area contributed by atoms with Crippen LogP contribution in [0, 0.1) is 42.4 Å². The van der Waals surface area contributed by atoms with Gasteiger partial charge in [-0.3, -0.25) is 62.3 Å². The third-order valence-electron chi connectivity index (χ3n) is 20.5. The Kier molecular flexibility index (Phi) is 31.9. The minimum Gasteiger partial charge on any atom is -0.506 e. The van der Waals surface area contributed by atoms with E-state index >= 15 is 0 Å². The molecule has 2 atom stereocenters. The highest BCUT2D eigenvalue weighted by Crippen LogP contribution is 2.35. The normalized spacial score (nSPS) is 13.5. The number of aryl methyl sites for hydroxylation is 1. The molecule has 40 nitrogen and oxygen atoms in total. The number of nitrogens with zero attached hydrogens (tertiary/aromatic N) is 5. The quantitative estimate of drug-likeness (QED) is 0.0190. The highest BCUT2D eigenvalue weighted by atomic mass is 16.7. The molecule has 0 saturated heterocycles. The zero-order valence-corrected chi connectivity index (χ0v) is 70.9. The topological polar surface area (TPSA) is 578 Å². The van der Waals surface area contributed by atoms with E-state index < -0.39 is 175 Å². The van der Waals surface area contributed by atoms with E-state index in [1.165, 1.54) is 13.2 Å². The largest absolute Gasteiger partial charge is 0.506 e. The summed E-state index contributed by atoms with van der Waals surface area (Å²) in [6.45, 7) is 12.4. The standard InChI is InChI=1S/C20H24N2O6.C19H22N2O6.2C17H18N2O6.C16H16N2O6/c1-11(2)9-14(20(26)27)21-18(24)16-17(23)13-5-3-4-6-15(13)22(19(16)25)28-10-12-7-8-12;1-10(2)15(19(25)26)20-17(23)14-16(22)12-5-3-4-6-13(12)21(18(14)24)27-9-11-7-8-11;1-24-13(20)8-18-16(22)14-15(21)11-4-2-3-5-12(11)19(17(14)23)25-9-10-6-7-10;20-13(21)7-8-18-16(23)14-15(22)11-3-1-2-4-12(11)19(17(14)24)25-9-10-5-6-10;1-3-6-24-18-11-7-9(2)4-5-10(11)14(21)13(16(18)23)15(22)17-8-12(19)20/h3-6,11-12,14,23H,7-10H2,1-2H3,(H,21,24)(H,26,27);3-6,10-11,15,22H,7-9H2,1-2H3,(H,20,23)(H,25,26);2-5,10,21H,6-9H2,1H3,(H,18,22);1-4,10,22H,5-9H2,(H,18,23)(H,20,21);3-5,7,21H,1,6,8H2,2H3,(H,17,22)(H,19,20)/t14-;15-;;;/m00.../s1. The lowest BCUT2D eigenvalue weighted by Gasteiger charge is -2.19. The predicted molar refractivity (Wildman–Crippen MR) is 463 cm³/mol. The van der Waals surface area contributed by atoms with Gasteiger partial charge in [-0.2, -0.15) is 0 Å². The number of esters is 1. The van der Waals surface area contributed by atoms with Gasteiger partial charge in [-0.1, -0.05) is 94.9 Å². The molecular formula is C89H98N10O30. The van der Waals surface area contributed by atoms with Gasteiger partial charge in [0.15, 0.2) is 22.3 Å². The maximum absolute atomic E-state index is 12.9. The van der Waals surface area contributed by atoms with Crippen LogP contribution in [0.5, 0.6) is 28.7 Å². The second-order valence-corrected chi connectivity index (χ2v) is 31.5. The Bertz CT molecular complexity index is 6310. The van der Waals surface area contributed by atoms with Gasteiger partial charge in [0, 0.05) is 33.5 Å². The van der Waals surface area contributed by atoms with Crippen molar-refractivity contribution in [3.8, 4) is 28.7 Å². The molecule has 10 aromatic rings. The fraction of sp³-hybridized carbons (Fsp3) is 0.360. The predicted octanol–water partition coefficient (Wildman–Crippen LogP) is 4.80. The minimum absolute atomic E-state index is 0.00388. The highest BCUT2D eigenvalue weighted by Gasteiger charge is 2.35. The molecule has 14 N–H and O–H groups in total. The Morgan fingerprint density at radius 3 is 1.05 bits per heavy atom. The summed E-state index contributed by atoms with van der Waals surface area (Å²) >= 11 is 0. The molecule has 40 heteroatoms. The van der Waals surface area contributed by atoms with Crippen LogP contribution in [-0.4, -0.2) is 201 Å². The summed E-state index contributed by atoms with van der Waals surface area (Å²) in [4.78, 5) is 209. The van der Waals surface area contributed by atoms with Crippen molar-refractivity contribution in [1.82, 2.24) is 50.2 Å². The van der Waals surface area contributed by atoms with Gasteiger partial charge in [-0.15, -0.1) is 23.7 Å². The van der Waals surface area contributed by atoms with E-state index in [1.807, 2.05) is 13.8 Å². The van der Waals surface area contributed by atoms with Crippen molar-refractivity contribution >= 4 is 114 Å². The van der Waals surface area contributed by atoms with E-state index in [2.05, 4.69) is 37.9 Å². The van der Waals surface area contributed by atoms with Crippen LogP contribution < -0.4 is 78.6 Å². The number of rotatable bonds is 34. The number of aromatic hydroxyl groups is 5. The first-order valence-electron chi connectivity index (χ1n) is 41.0. The van der Waals surface area contributed by atoms with Gasteiger partial charge in [0.1, 0.15) is 92.5 Å². The molecule has 0 unspecified atom stereocenters. The zero-order chi connectivity index (χ0) is 93.9. The molecule has 684 valence electrons. The number of aromatic nitrogens is 5. The number of benzene rings is 5. The zero-order valence-electron chi connectivity index (χ0n) is 70.9. The van der Waals surface area contributed by atoms with Crippen molar-refractivity contribution < 1.29 is 123 Å². The molecule has 4 aliphatic rings. The van der Waals surface area contributed by atoms with Crippen LogP contribution in [0.4, 0.5) is 0 Å². The van der Waals surface area contributed by atoms with E-state index in [0.29, 0.717) is 82.9 Å². The number of hydrogen-bond acceptors (Lipinski definition) is 26. The number of hydrogen-bond donors (Lipinski definition) is 14. The van der Waals surface area contributed by atoms with Crippen molar-refractivity contribution in [1.29, 1.82) is 0 Å². The maximum atomic E-state index is 12.9. The molecule has 4 saturated carbocycles. The van der Waals surface area contributed by atoms with E-state index in [4.69, 9.17) is 34.4 Å². The first-order valence-corrected chi connectivity index (χ1v) is 41.0. The fourth-order valence-electron chi connectivity index (χ4n) is 12.9. The van der Waals surface area contributed by atoms with Gasteiger partial charge >= 0.3 is 29.8 Å². The third-order valence-corrected chi connectivity index (χ3v) is 20.5. The number of amides is 5. The van der Waals surface area contributed by atoms with Gasteiger partial charge in [0.25, 0.3) is 57.3 Å². The highest BCUT2D eigenvalue weighted by molar-refractivity contribution is 6.07. The smallest absolute Gasteiger partial charge is 0.326 e. The van der Waals surface area contributed by atoms with Crippen molar-refractivity contribution in [2.45, 2.75) is 111 Å². The van der Waals surface area contributed by atoms with Gasteiger partial charge in [-0.25, -0.2) is 9.59 Å². The summed E-state index contributed by atoms with van der Waals surface area (Å²) in [5, 5.41) is 101. The average Bonchev–Trinajstić information content (AvgIpc) is 1.77. The van der Waals surface area contributed by atoms with Gasteiger partial charge in [0.05, 0.1) is 41.1 Å². The maximum Gasteiger partial charge on any atom is 0.326 e. The van der Waals surface area contributed by atoms with Crippen molar-refractivity contribution in [2.75, 3.05) is 59.8 Å². The monoisotopic (exact) mass is 1790 g/mol. The van der Waals surface area contributed by atoms with Crippen molar-refractivity contribution in [3.63, 3.8) is 0 Å². The number of carbonyl (C=O) groups is 10. The van der Waals surface area contributed by atoms with E-state index in [1.54, 1.807) is 136 Å². The number of carbonyl (C=O) groups excluding carboxylic acids is 6. The molecule has 0 radical (unpaired) electrons. The van der Waals surface area contributed by atoms with E-state index in [9.17, 15) is 108 Å². The number of ether oxygens (including phenoxy) is 1. The lowest BCUT2D eigenvalue weighted by Crippen LogP contribution is -2.46. The summed E-state index contributed by atoms with van der Waals surface area (Å²) in [5.41, 5.74) is -4.12. The Labute approximate surface area is 731 Å². The lowest BCUT2D eigenvalue weighted by atomic mass is 10.0. The van der Waals surface area contributed by atoms with Crippen molar-refractivity contribution in [3.05, 3.63) is 213 Å². The number of fused-ring (bicyclic) bond motifs is 5. The molecule has 4 aliphatic carbocycles. The van der Waals surface area contributed by atoms with Crippen LogP contribution in [0.3, 0.4) is 0 Å². The number of carboxylic acids is 4. The van der Waals surface area contributed by atoms with Crippen molar-refractivity contribution in [2.24, 2.45) is 35.5 Å². The third kappa shape index (κ3) is 24.0. The van der Waals surface area contributed by atoms with E-state index in [-0.39, 0.29) is 53.6 Å². The molecule has 129 heavy (non-hydrogen) atoms. The SMILES string of the molecule is C=CCOn1c(=O)c(C(=O)NCC(=O)O)c(O)c2ccc(C)cc21.CC(C)C[C@H](NC(=O)c1c(O)c2ccccc2n(OCC2CC2)c1=O)C(=O)O.CC(C)[C@H](NC(=O)c1c(O)c2ccccc2n(OCC2CC2)c1=O)C(=O)O.COC(=O)CNC(=O)c1c(O)c2ccccc2n(OCC2CC2)c1=O.O=C(O)CCNC(=O)c1c(O)c2ccccc2n(OCC2CC2)c1=O. The Morgan fingerprint density at radius 2 is 0.744 bits per heavy atom. The second-order valence-electron chi connectivity index (χ2n) is 31.5. The number of methoxy groups -OCH3 is 1. The van der Waals surface area contributed by atoms with Crippen LogP contribution in [0.1, 0.15) is 149 Å². The molecule has 5 aromatic heterocycles. The van der Waals surface area contributed by atoms with Crippen LogP contribution in [-0.2, 0) is 28.7 Å². The molecule has 5 amide bonds. The fourth-order valence-corrected chi connectivity index (χ4v) is 12.9. The van der Waals surface area contributed by atoms with Crippen LogP contribution in [0.25, 0.3) is 54.5 Å². The summed E-state index contributed by atoms with van der Waals surface area (Å²) in [5.74, 6) is -11.3. The summed E-state index contributed by atoms with van der Waals surface area (Å²) < 4.78 is 9.40. The molecule has 4 fully saturated rings. The van der Waals surface area contributed by atoms with Crippen LogP contribution >= 0.6 is 0 Å². The number of carboxylic acid groups (broad SMARTS) is 4. The minimum atomic E-state index is -1.28. The first kappa shape index (κ1) is 95.8. The molecule has 5 heterocycles. The summed E-state index contributed by atoms with van der Waals surface area (Å²) in [6.07, 6.45) is 9.56. The molecular weight excluding hydrogens is 1690 g/mol. The molecule has 0 aliphatic heterocycles. The lowest BCUT2D eigenvalue weighted by molar-refractivity contribution is -0.141. The Hall–Kier alpha value is -15.4. The second kappa shape index (κ2) is 43.0. The van der Waals surface area contributed by atoms with Gasteiger partial charge in [0.2, 0.25) is 0 Å². The van der Waals surface area contributed by atoms with E-state index in [0.717, 1.165) is 80.6 Å². The molecule has 14 rings (SSSR count).